The average Bonchev–Trinajstić information content (AvgIpc) is 3.60. The molecule has 150 valence electrons. The minimum atomic E-state index is -0.537. The number of halogens is 1. The molecule has 0 spiro atoms. The first kappa shape index (κ1) is 18.0. The first-order valence-corrected chi connectivity index (χ1v) is 10.3. The molecule has 1 saturated carbocycles. The van der Waals surface area contributed by atoms with Crippen molar-refractivity contribution in [1.29, 1.82) is 0 Å². The number of rotatable bonds is 3. The zero-order chi connectivity index (χ0) is 20.9. The third-order valence-electron chi connectivity index (χ3n) is 6.11. The van der Waals surface area contributed by atoms with Crippen LogP contribution in [-0.2, 0) is 0 Å². The van der Waals surface area contributed by atoms with Gasteiger partial charge in [-0.25, -0.2) is 4.98 Å². The summed E-state index contributed by atoms with van der Waals surface area (Å²) in [5, 5.41) is 2.61. The second-order valence-electron chi connectivity index (χ2n) is 8.01. The predicted molar refractivity (Wildman–Crippen MR) is 120 cm³/mol. The summed E-state index contributed by atoms with van der Waals surface area (Å²) in [6.07, 6.45) is 4.24. The van der Waals surface area contributed by atoms with Gasteiger partial charge in [0, 0.05) is 41.0 Å². The lowest BCUT2D eigenvalue weighted by Gasteiger charge is -2.11. The van der Waals surface area contributed by atoms with Crippen LogP contribution in [-0.4, -0.2) is 14.5 Å². The lowest BCUT2D eigenvalue weighted by atomic mass is 10.0. The van der Waals surface area contributed by atoms with Crippen LogP contribution in [0.2, 0.25) is 0 Å². The van der Waals surface area contributed by atoms with E-state index in [1.54, 1.807) is 6.07 Å². The number of benzene rings is 2. The van der Waals surface area contributed by atoms with Crippen LogP contribution in [0.5, 0.6) is 0 Å². The number of hydrogen-bond acceptors (Lipinski definition) is 3. The van der Waals surface area contributed by atoms with Gasteiger partial charge in [0.15, 0.2) is 0 Å². The fourth-order valence-corrected chi connectivity index (χ4v) is 4.44. The van der Waals surface area contributed by atoms with Gasteiger partial charge >= 0.3 is 0 Å². The van der Waals surface area contributed by atoms with Gasteiger partial charge in [-0.2, -0.15) is 4.39 Å². The van der Waals surface area contributed by atoms with Crippen molar-refractivity contribution in [2.45, 2.75) is 18.4 Å². The summed E-state index contributed by atoms with van der Waals surface area (Å²) in [4.78, 5) is 22.1. The van der Waals surface area contributed by atoms with Crippen molar-refractivity contribution in [3.8, 4) is 11.1 Å². The van der Waals surface area contributed by atoms with Crippen molar-refractivity contribution in [2.24, 2.45) is 0 Å². The molecule has 0 bridgehead atoms. The highest BCUT2D eigenvalue weighted by atomic mass is 19.1. The summed E-state index contributed by atoms with van der Waals surface area (Å²) in [7, 11) is 0. The van der Waals surface area contributed by atoms with E-state index in [1.165, 1.54) is 12.3 Å². The van der Waals surface area contributed by atoms with Crippen molar-refractivity contribution < 1.29 is 4.39 Å². The molecule has 6 rings (SSSR count). The molecule has 1 aliphatic carbocycles. The van der Waals surface area contributed by atoms with E-state index in [1.807, 2.05) is 53.2 Å². The highest BCUT2D eigenvalue weighted by molar-refractivity contribution is 5.95. The lowest BCUT2D eigenvalue weighted by molar-refractivity contribution is 0.584. The molecule has 2 unspecified atom stereocenters. The summed E-state index contributed by atoms with van der Waals surface area (Å²) < 4.78 is 15.1. The van der Waals surface area contributed by atoms with E-state index in [2.05, 4.69) is 23.2 Å². The molecule has 5 heteroatoms. The van der Waals surface area contributed by atoms with Crippen LogP contribution < -0.4 is 5.56 Å². The maximum absolute atomic E-state index is 13.5. The normalized spacial score (nSPS) is 17.8. The van der Waals surface area contributed by atoms with Crippen LogP contribution in [0.4, 0.5) is 4.39 Å². The van der Waals surface area contributed by atoms with Crippen LogP contribution in [0.3, 0.4) is 0 Å². The minimum Gasteiger partial charge on any atom is -0.311 e. The van der Waals surface area contributed by atoms with Gasteiger partial charge in [-0.05, 0) is 47.7 Å². The predicted octanol–water partition coefficient (Wildman–Crippen LogP) is 5.48. The second-order valence-corrected chi connectivity index (χ2v) is 8.01. The number of hydrogen-bond donors (Lipinski definition) is 0. The molecule has 0 saturated heterocycles. The average molecular weight is 407 g/mol. The van der Waals surface area contributed by atoms with Crippen molar-refractivity contribution in [1.82, 2.24) is 14.5 Å². The van der Waals surface area contributed by atoms with Gasteiger partial charge in [0.25, 0.3) is 5.56 Å². The third kappa shape index (κ3) is 3.01. The Balaban J connectivity index is 1.42. The Hall–Kier alpha value is -3.86. The molecule has 0 N–H and O–H groups in total. The SMILES string of the molecule is O=c1c2c(-c3ccc(F)nc3)cccc2ccn1C1CC1c1ccc2ccccc2n1. The molecule has 5 aromatic rings. The Morgan fingerprint density at radius 3 is 2.65 bits per heavy atom. The van der Waals surface area contributed by atoms with Gasteiger partial charge < -0.3 is 4.57 Å². The molecular formula is C26H18FN3O. The number of nitrogens with zero attached hydrogens (tertiary/aromatic N) is 3. The summed E-state index contributed by atoms with van der Waals surface area (Å²) in [6, 6.07) is 23.0. The molecule has 4 nitrogen and oxygen atoms in total. The zero-order valence-electron chi connectivity index (χ0n) is 16.6. The smallest absolute Gasteiger partial charge is 0.259 e. The van der Waals surface area contributed by atoms with Crippen LogP contribution in [0.25, 0.3) is 32.8 Å². The highest BCUT2D eigenvalue weighted by Crippen LogP contribution is 2.50. The van der Waals surface area contributed by atoms with Gasteiger partial charge in [-0.3, -0.25) is 9.78 Å². The van der Waals surface area contributed by atoms with Crippen molar-refractivity contribution in [2.75, 3.05) is 0 Å². The summed E-state index contributed by atoms with van der Waals surface area (Å²) >= 11 is 0. The Labute approximate surface area is 177 Å². The van der Waals surface area contributed by atoms with Gasteiger partial charge in [0.1, 0.15) is 0 Å². The van der Waals surface area contributed by atoms with Gasteiger partial charge in [-0.15, -0.1) is 0 Å². The van der Waals surface area contributed by atoms with E-state index < -0.39 is 5.95 Å². The van der Waals surface area contributed by atoms with E-state index in [0.29, 0.717) is 5.39 Å². The maximum atomic E-state index is 13.5. The van der Waals surface area contributed by atoms with Crippen LogP contribution >= 0.6 is 0 Å². The standard InChI is InChI=1S/C26H18FN3O/c27-24-11-9-18(15-28-24)19-6-3-5-17-12-13-30(26(31)25(17)19)23-14-20(23)22-10-8-16-4-1-2-7-21(16)29-22/h1-13,15,20,23H,14H2. The van der Waals surface area contributed by atoms with E-state index in [9.17, 15) is 9.18 Å². The van der Waals surface area contributed by atoms with Crippen molar-refractivity contribution >= 4 is 21.7 Å². The van der Waals surface area contributed by atoms with Crippen LogP contribution in [0.1, 0.15) is 24.1 Å². The molecule has 0 aliphatic heterocycles. The fraction of sp³-hybridized carbons (Fsp3) is 0.115. The number of para-hydroxylation sites is 1. The van der Waals surface area contributed by atoms with E-state index in [-0.39, 0.29) is 17.5 Å². The van der Waals surface area contributed by atoms with E-state index in [0.717, 1.165) is 39.5 Å². The van der Waals surface area contributed by atoms with Crippen molar-refractivity contribution in [3.63, 3.8) is 0 Å². The largest absolute Gasteiger partial charge is 0.311 e. The van der Waals surface area contributed by atoms with E-state index >= 15 is 0 Å². The molecule has 1 aliphatic rings. The van der Waals surface area contributed by atoms with Gasteiger partial charge in [-0.1, -0.05) is 42.5 Å². The topological polar surface area (TPSA) is 47.8 Å². The molecule has 31 heavy (non-hydrogen) atoms. The molecule has 2 aromatic carbocycles. The van der Waals surface area contributed by atoms with Crippen LogP contribution in [0.15, 0.2) is 90.0 Å². The Bertz CT molecular complexity index is 1510. The maximum Gasteiger partial charge on any atom is 0.259 e. The molecule has 1 fully saturated rings. The Morgan fingerprint density at radius 2 is 1.77 bits per heavy atom. The number of fused-ring (bicyclic) bond motifs is 2. The number of pyridine rings is 3. The van der Waals surface area contributed by atoms with E-state index in [4.69, 9.17) is 4.98 Å². The van der Waals surface area contributed by atoms with Gasteiger partial charge in [0.2, 0.25) is 5.95 Å². The monoisotopic (exact) mass is 407 g/mol. The highest BCUT2D eigenvalue weighted by Gasteiger charge is 2.41. The minimum absolute atomic E-state index is 0.0364. The fourth-order valence-electron chi connectivity index (χ4n) is 4.44. The molecule has 0 amide bonds. The third-order valence-corrected chi connectivity index (χ3v) is 6.11. The number of aromatic nitrogens is 3. The van der Waals surface area contributed by atoms with Crippen LogP contribution in [0, 0.1) is 5.95 Å². The summed E-state index contributed by atoms with van der Waals surface area (Å²) in [5.41, 5.74) is 3.45. The quantitative estimate of drug-likeness (QED) is 0.372. The molecular weight excluding hydrogens is 389 g/mol. The molecule has 0 radical (unpaired) electrons. The summed E-state index contributed by atoms with van der Waals surface area (Å²) in [6.45, 7) is 0. The zero-order valence-corrected chi connectivity index (χ0v) is 16.6. The van der Waals surface area contributed by atoms with Crippen molar-refractivity contribution in [3.05, 3.63) is 107 Å². The Kier molecular flexibility index (Phi) is 3.96. The lowest BCUT2D eigenvalue weighted by Crippen LogP contribution is -2.19. The molecule has 3 heterocycles. The van der Waals surface area contributed by atoms with Gasteiger partial charge in [0.05, 0.1) is 10.9 Å². The Morgan fingerprint density at radius 1 is 0.903 bits per heavy atom. The second kappa shape index (κ2) is 6.84. The molecule has 2 atom stereocenters. The first-order valence-electron chi connectivity index (χ1n) is 10.3. The first-order chi connectivity index (χ1) is 15.2. The summed E-state index contributed by atoms with van der Waals surface area (Å²) in [5.74, 6) is -0.315. The molecule has 3 aromatic heterocycles.